The van der Waals surface area contributed by atoms with Crippen LogP contribution in [0.2, 0.25) is 0 Å². The summed E-state index contributed by atoms with van der Waals surface area (Å²) in [4.78, 5) is 33.5. The molecule has 1 unspecified atom stereocenters. The first kappa shape index (κ1) is 16.2. The molecule has 110 valence electrons. The maximum Gasteiger partial charge on any atom is 0.303 e. The van der Waals surface area contributed by atoms with E-state index in [1.54, 1.807) is 13.0 Å². The van der Waals surface area contributed by atoms with E-state index in [0.717, 1.165) is 0 Å². The molecule has 0 aromatic carbocycles. The Kier molecular flexibility index (Phi) is 6.23. The lowest BCUT2D eigenvalue weighted by Crippen LogP contribution is -2.38. The highest BCUT2D eigenvalue weighted by molar-refractivity contribution is 9.10. The average molecular weight is 347 g/mol. The molecule has 20 heavy (non-hydrogen) atoms. The van der Waals surface area contributed by atoms with Gasteiger partial charge in [0, 0.05) is 13.0 Å². The van der Waals surface area contributed by atoms with Crippen LogP contribution in [0, 0.1) is 5.92 Å². The van der Waals surface area contributed by atoms with Crippen LogP contribution >= 0.6 is 15.9 Å². The molecule has 0 aliphatic carbocycles. The highest BCUT2D eigenvalue weighted by atomic mass is 79.9. The van der Waals surface area contributed by atoms with Gasteiger partial charge >= 0.3 is 5.97 Å². The summed E-state index contributed by atoms with van der Waals surface area (Å²) in [5, 5.41) is 13.5. The summed E-state index contributed by atoms with van der Waals surface area (Å²) in [5.41, 5.74) is 0. The zero-order valence-electron chi connectivity index (χ0n) is 10.8. The highest BCUT2D eigenvalue weighted by Crippen LogP contribution is 2.13. The molecule has 1 rings (SSSR count). The zero-order chi connectivity index (χ0) is 15.1. The molecule has 0 aliphatic rings. The second kappa shape index (κ2) is 7.68. The summed E-state index contributed by atoms with van der Waals surface area (Å²) < 4.78 is 5.45. The van der Waals surface area contributed by atoms with Crippen molar-refractivity contribution in [1.82, 2.24) is 10.6 Å². The van der Waals surface area contributed by atoms with E-state index in [1.165, 1.54) is 6.07 Å². The van der Waals surface area contributed by atoms with Gasteiger partial charge in [-0.15, -0.1) is 0 Å². The van der Waals surface area contributed by atoms with Crippen LogP contribution in [-0.4, -0.2) is 36.0 Å². The van der Waals surface area contributed by atoms with Crippen molar-refractivity contribution in [3.8, 4) is 0 Å². The predicted molar refractivity (Wildman–Crippen MR) is 73.2 cm³/mol. The standard InChI is InChI=1S/C12H15BrN2O5/c1-7(4-11(17)18)5-14-10(16)6-15-12(19)8-2-3-9(13)20-8/h2-3,7H,4-6H2,1H3,(H,14,16)(H,15,19)(H,17,18). The summed E-state index contributed by atoms with van der Waals surface area (Å²) in [5.74, 6) is -1.87. The third-order valence-corrected chi connectivity index (χ3v) is 2.80. The minimum absolute atomic E-state index is 0.0208. The van der Waals surface area contributed by atoms with Gasteiger partial charge in [-0.05, 0) is 34.0 Å². The quantitative estimate of drug-likeness (QED) is 0.682. The molecule has 0 aliphatic heterocycles. The number of carbonyl (C=O) groups is 3. The van der Waals surface area contributed by atoms with E-state index in [-0.39, 0.29) is 37.1 Å². The van der Waals surface area contributed by atoms with Crippen molar-refractivity contribution in [2.75, 3.05) is 13.1 Å². The van der Waals surface area contributed by atoms with E-state index in [0.29, 0.717) is 4.67 Å². The number of amides is 2. The first-order valence-electron chi connectivity index (χ1n) is 5.90. The van der Waals surface area contributed by atoms with Crippen LogP contribution in [0.15, 0.2) is 21.2 Å². The number of hydrogen-bond acceptors (Lipinski definition) is 4. The molecule has 7 nitrogen and oxygen atoms in total. The Morgan fingerprint density at radius 3 is 2.60 bits per heavy atom. The normalized spacial score (nSPS) is 11.7. The van der Waals surface area contributed by atoms with Gasteiger partial charge in [0.15, 0.2) is 10.4 Å². The molecule has 1 aromatic rings. The molecule has 0 saturated carbocycles. The summed E-state index contributed by atoms with van der Waals surface area (Å²) >= 11 is 3.07. The van der Waals surface area contributed by atoms with Crippen molar-refractivity contribution in [1.29, 1.82) is 0 Å². The van der Waals surface area contributed by atoms with Gasteiger partial charge in [0.25, 0.3) is 5.91 Å². The van der Waals surface area contributed by atoms with Gasteiger partial charge in [-0.25, -0.2) is 0 Å². The Hall–Kier alpha value is -1.83. The number of nitrogens with one attached hydrogen (secondary N) is 2. The van der Waals surface area contributed by atoms with E-state index < -0.39 is 11.9 Å². The number of hydrogen-bond donors (Lipinski definition) is 3. The van der Waals surface area contributed by atoms with Crippen molar-refractivity contribution in [3.63, 3.8) is 0 Å². The van der Waals surface area contributed by atoms with E-state index in [9.17, 15) is 14.4 Å². The number of aliphatic carboxylic acids is 1. The summed E-state index contributed by atoms with van der Waals surface area (Å²) in [6.07, 6.45) is -0.0208. The van der Waals surface area contributed by atoms with Gasteiger partial charge in [-0.1, -0.05) is 6.92 Å². The van der Waals surface area contributed by atoms with Crippen LogP contribution in [0.1, 0.15) is 23.9 Å². The van der Waals surface area contributed by atoms with Crippen LogP contribution in [0.5, 0.6) is 0 Å². The van der Waals surface area contributed by atoms with Crippen molar-refractivity contribution in [2.24, 2.45) is 5.92 Å². The Labute approximate surface area is 123 Å². The van der Waals surface area contributed by atoms with Gasteiger partial charge in [-0.2, -0.15) is 0 Å². The van der Waals surface area contributed by atoms with Crippen LogP contribution in [0.25, 0.3) is 0 Å². The molecule has 8 heteroatoms. The van der Waals surface area contributed by atoms with Crippen molar-refractivity contribution >= 4 is 33.7 Å². The third kappa shape index (κ3) is 5.87. The highest BCUT2D eigenvalue weighted by Gasteiger charge is 2.13. The van der Waals surface area contributed by atoms with Crippen LogP contribution in [0.3, 0.4) is 0 Å². The minimum atomic E-state index is -0.913. The number of carboxylic acid groups (broad SMARTS) is 1. The van der Waals surface area contributed by atoms with Crippen LogP contribution < -0.4 is 10.6 Å². The number of carboxylic acids is 1. The number of carbonyl (C=O) groups excluding carboxylic acids is 2. The molecule has 0 bridgehead atoms. The largest absolute Gasteiger partial charge is 0.481 e. The second-order valence-electron chi connectivity index (χ2n) is 4.29. The fourth-order valence-corrected chi connectivity index (χ4v) is 1.71. The van der Waals surface area contributed by atoms with Gasteiger partial charge < -0.3 is 20.2 Å². The lowest BCUT2D eigenvalue weighted by molar-refractivity contribution is -0.138. The molecule has 0 saturated heterocycles. The summed E-state index contributed by atoms with van der Waals surface area (Å²) in [7, 11) is 0. The molecule has 2 amide bonds. The number of furan rings is 1. The first-order chi connectivity index (χ1) is 9.38. The Morgan fingerprint density at radius 1 is 1.35 bits per heavy atom. The average Bonchev–Trinajstić information content (AvgIpc) is 2.79. The fraction of sp³-hybridized carbons (Fsp3) is 0.417. The lowest BCUT2D eigenvalue weighted by Gasteiger charge is -2.10. The van der Waals surface area contributed by atoms with Crippen LogP contribution in [0.4, 0.5) is 0 Å². The molecular weight excluding hydrogens is 332 g/mol. The van der Waals surface area contributed by atoms with E-state index in [4.69, 9.17) is 9.52 Å². The zero-order valence-corrected chi connectivity index (χ0v) is 12.4. The van der Waals surface area contributed by atoms with Gasteiger partial charge in [0.1, 0.15) is 0 Å². The van der Waals surface area contributed by atoms with E-state index in [2.05, 4.69) is 26.6 Å². The molecule has 0 spiro atoms. The maximum atomic E-state index is 11.6. The number of rotatable bonds is 7. The fourth-order valence-electron chi connectivity index (χ4n) is 1.40. The van der Waals surface area contributed by atoms with E-state index in [1.807, 2.05) is 0 Å². The molecule has 1 aromatic heterocycles. The van der Waals surface area contributed by atoms with E-state index >= 15 is 0 Å². The Morgan fingerprint density at radius 2 is 2.05 bits per heavy atom. The first-order valence-corrected chi connectivity index (χ1v) is 6.69. The Balaban J connectivity index is 2.26. The Bertz CT molecular complexity index is 500. The monoisotopic (exact) mass is 346 g/mol. The van der Waals surface area contributed by atoms with Gasteiger partial charge in [0.05, 0.1) is 6.54 Å². The maximum absolute atomic E-state index is 11.6. The number of halogens is 1. The van der Waals surface area contributed by atoms with Crippen molar-refractivity contribution in [2.45, 2.75) is 13.3 Å². The van der Waals surface area contributed by atoms with Crippen molar-refractivity contribution in [3.05, 3.63) is 22.6 Å². The summed E-state index contributed by atoms with van der Waals surface area (Å²) in [6.45, 7) is 1.76. The molecular formula is C12H15BrN2O5. The minimum Gasteiger partial charge on any atom is -0.481 e. The molecule has 3 N–H and O–H groups in total. The molecule has 0 radical (unpaired) electrons. The third-order valence-electron chi connectivity index (χ3n) is 2.38. The second-order valence-corrected chi connectivity index (χ2v) is 5.08. The van der Waals surface area contributed by atoms with Gasteiger partial charge in [0.2, 0.25) is 5.91 Å². The molecule has 1 atom stereocenters. The SMILES string of the molecule is CC(CNC(=O)CNC(=O)c1ccc(Br)o1)CC(=O)O. The topological polar surface area (TPSA) is 109 Å². The van der Waals surface area contributed by atoms with Gasteiger partial charge in [-0.3, -0.25) is 14.4 Å². The lowest BCUT2D eigenvalue weighted by atomic mass is 10.1. The smallest absolute Gasteiger partial charge is 0.303 e. The van der Waals surface area contributed by atoms with Crippen LogP contribution in [-0.2, 0) is 9.59 Å². The molecule has 0 fully saturated rings. The molecule has 1 heterocycles. The predicted octanol–water partition coefficient (Wildman–Crippen LogP) is 0.999. The van der Waals surface area contributed by atoms with Crippen molar-refractivity contribution < 1.29 is 23.9 Å². The summed E-state index contributed by atoms with van der Waals surface area (Å²) in [6, 6.07) is 3.05.